The lowest BCUT2D eigenvalue weighted by atomic mass is 10.0. The molecule has 3 nitrogen and oxygen atoms in total. The van der Waals surface area contributed by atoms with Crippen molar-refractivity contribution in [2.24, 2.45) is 5.92 Å². The van der Waals surface area contributed by atoms with Crippen molar-refractivity contribution in [3.8, 4) is 0 Å². The van der Waals surface area contributed by atoms with Crippen LogP contribution in [0.3, 0.4) is 0 Å². The second kappa shape index (κ2) is 5.48. The summed E-state index contributed by atoms with van der Waals surface area (Å²) in [5, 5.41) is 10.1. The van der Waals surface area contributed by atoms with E-state index in [4.69, 9.17) is 4.74 Å². The van der Waals surface area contributed by atoms with Crippen molar-refractivity contribution in [1.29, 1.82) is 0 Å². The molecule has 2 unspecified atom stereocenters. The third-order valence-electron chi connectivity index (χ3n) is 3.85. The molecule has 94 valence electrons. The average Bonchev–Trinajstić information content (AvgIpc) is 3.10. The zero-order valence-corrected chi connectivity index (χ0v) is 10.6. The normalized spacial score (nSPS) is 29.6. The summed E-state index contributed by atoms with van der Waals surface area (Å²) in [4.78, 5) is 2.40. The molecule has 3 heteroatoms. The Balaban J connectivity index is 1.73. The Labute approximate surface area is 98.8 Å². The first-order valence-electron chi connectivity index (χ1n) is 6.70. The van der Waals surface area contributed by atoms with Crippen LogP contribution in [-0.2, 0) is 4.74 Å². The zero-order chi connectivity index (χ0) is 11.5. The first kappa shape index (κ1) is 12.3. The van der Waals surface area contributed by atoms with E-state index in [9.17, 15) is 5.11 Å². The summed E-state index contributed by atoms with van der Waals surface area (Å²) < 4.78 is 5.68. The summed E-state index contributed by atoms with van der Waals surface area (Å²) in [6, 6.07) is 0.557. The van der Waals surface area contributed by atoms with Gasteiger partial charge in [0.15, 0.2) is 0 Å². The lowest BCUT2D eigenvalue weighted by molar-refractivity contribution is -0.0970. The minimum Gasteiger partial charge on any atom is -0.390 e. The van der Waals surface area contributed by atoms with Crippen LogP contribution in [0.1, 0.15) is 39.5 Å². The van der Waals surface area contributed by atoms with Crippen molar-refractivity contribution in [2.75, 3.05) is 19.7 Å². The van der Waals surface area contributed by atoms with Gasteiger partial charge in [-0.2, -0.15) is 0 Å². The molecule has 0 amide bonds. The first-order valence-corrected chi connectivity index (χ1v) is 6.70. The van der Waals surface area contributed by atoms with Crippen molar-refractivity contribution < 1.29 is 9.84 Å². The molecule has 0 radical (unpaired) electrons. The number of ether oxygens (including phenoxy) is 1. The molecule has 2 rings (SSSR count). The molecule has 0 aromatic heterocycles. The number of morpholine rings is 1. The van der Waals surface area contributed by atoms with Gasteiger partial charge in [-0.3, -0.25) is 4.90 Å². The third-order valence-corrected chi connectivity index (χ3v) is 3.85. The number of hydrogen-bond donors (Lipinski definition) is 1. The van der Waals surface area contributed by atoms with E-state index in [2.05, 4.69) is 18.7 Å². The fraction of sp³-hybridized carbons (Fsp3) is 1.00. The van der Waals surface area contributed by atoms with Crippen molar-refractivity contribution in [1.82, 2.24) is 4.90 Å². The van der Waals surface area contributed by atoms with Crippen LogP contribution >= 0.6 is 0 Å². The van der Waals surface area contributed by atoms with Crippen LogP contribution in [-0.4, -0.2) is 48.0 Å². The number of nitrogens with zero attached hydrogens (tertiary/aromatic N) is 1. The molecule has 0 spiro atoms. The summed E-state index contributed by atoms with van der Waals surface area (Å²) in [5.74, 6) is 0.902. The summed E-state index contributed by atoms with van der Waals surface area (Å²) in [5.41, 5.74) is 0. The van der Waals surface area contributed by atoms with Gasteiger partial charge in [0.1, 0.15) is 0 Å². The summed E-state index contributed by atoms with van der Waals surface area (Å²) in [7, 11) is 0. The highest BCUT2D eigenvalue weighted by molar-refractivity contribution is 4.81. The molecular formula is C13H25NO2. The van der Waals surface area contributed by atoms with Crippen LogP contribution in [0.25, 0.3) is 0 Å². The van der Waals surface area contributed by atoms with Gasteiger partial charge in [0, 0.05) is 19.1 Å². The molecule has 16 heavy (non-hydrogen) atoms. The number of rotatable bonds is 5. The van der Waals surface area contributed by atoms with Crippen molar-refractivity contribution >= 4 is 0 Å². The Morgan fingerprint density at radius 1 is 1.38 bits per heavy atom. The van der Waals surface area contributed by atoms with Crippen LogP contribution in [0.15, 0.2) is 0 Å². The SMILES string of the molecule is CC(C)N1CCOC(C(O)CCC2CC2)C1. The van der Waals surface area contributed by atoms with E-state index in [1.54, 1.807) is 0 Å². The largest absolute Gasteiger partial charge is 0.390 e. The second-order valence-electron chi connectivity index (χ2n) is 5.59. The van der Waals surface area contributed by atoms with Crippen molar-refractivity contribution in [3.05, 3.63) is 0 Å². The molecule has 2 atom stereocenters. The van der Waals surface area contributed by atoms with Crippen molar-refractivity contribution in [2.45, 2.75) is 57.8 Å². The van der Waals surface area contributed by atoms with Gasteiger partial charge in [-0.15, -0.1) is 0 Å². The fourth-order valence-corrected chi connectivity index (χ4v) is 2.40. The molecule has 0 bridgehead atoms. The van der Waals surface area contributed by atoms with E-state index >= 15 is 0 Å². The fourth-order valence-electron chi connectivity index (χ4n) is 2.40. The van der Waals surface area contributed by atoms with Gasteiger partial charge in [-0.05, 0) is 32.6 Å². The van der Waals surface area contributed by atoms with Gasteiger partial charge < -0.3 is 9.84 Å². The standard InChI is InChI=1S/C13H25NO2/c1-10(2)14-7-8-16-13(9-14)12(15)6-5-11-3-4-11/h10-13,15H,3-9H2,1-2H3. The van der Waals surface area contributed by atoms with Crippen molar-refractivity contribution in [3.63, 3.8) is 0 Å². The Morgan fingerprint density at radius 2 is 2.12 bits per heavy atom. The van der Waals surface area contributed by atoms with Gasteiger partial charge >= 0.3 is 0 Å². The van der Waals surface area contributed by atoms with Gasteiger partial charge in [-0.25, -0.2) is 0 Å². The van der Waals surface area contributed by atoms with E-state index < -0.39 is 0 Å². The third kappa shape index (κ3) is 3.44. The van der Waals surface area contributed by atoms with Crippen LogP contribution in [0.2, 0.25) is 0 Å². The quantitative estimate of drug-likeness (QED) is 0.775. The minimum atomic E-state index is -0.262. The van der Waals surface area contributed by atoms with E-state index in [1.165, 1.54) is 19.3 Å². The summed E-state index contributed by atoms with van der Waals surface area (Å²) in [6.07, 6.45) is 4.62. The first-order chi connectivity index (χ1) is 7.66. The van der Waals surface area contributed by atoms with Crippen LogP contribution in [0, 0.1) is 5.92 Å². The highest BCUT2D eigenvalue weighted by Gasteiger charge is 2.29. The van der Waals surface area contributed by atoms with Gasteiger partial charge in [-0.1, -0.05) is 12.8 Å². The molecule has 1 aliphatic heterocycles. The van der Waals surface area contributed by atoms with Crippen LogP contribution in [0.4, 0.5) is 0 Å². The molecule has 0 aromatic carbocycles. The molecular weight excluding hydrogens is 202 g/mol. The molecule has 1 N–H and O–H groups in total. The molecule has 2 fully saturated rings. The monoisotopic (exact) mass is 227 g/mol. The highest BCUT2D eigenvalue weighted by atomic mass is 16.5. The summed E-state index contributed by atoms with van der Waals surface area (Å²) in [6.45, 7) is 7.08. The molecule has 2 aliphatic rings. The average molecular weight is 227 g/mol. The Hall–Kier alpha value is -0.120. The Kier molecular flexibility index (Phi) is 4.22. The highest BCUT2D eigenvalue weighted by Crippen LogP contribution is 2.34. The Morgan fingerprint density at radius 3 is 2.75 bits per heavy atom. The van der Waals surface area contributed by atoms with E-state index in [1.807, 2.05) is 0 Å². The van der Waals surface area contributed by atoms with E-state index in [-0.39, 0.29) is 12.2 Å². The Bertz CT molecular complexity index is 216. The van der Waals surface area contributed by atoms with Gasteiger partial charge in [0.2, 0.25) is 0 Å². The number of aliphatic hydroxyl groups excluding tert-OH is 1. The molecule has 1 saturated carbocycles. The molecule has 1 heterocycles. The topological polar surface area (TPSA) is 32.7 Å². The summed E-state index contributed by atoms with van der Waals surface area (Å²) >= 11 is 0. The maximum atomic E-state index is 10.1. The predicted molar refractivity (Wildman–Crippen MR) is 64.4 cm³/mol. The molecule has 1 aliphatic carbocycles. The van der Waals surface area contributed by atoms with E-state index in [0.29, 0.717) is 6.04 Å². The zero-order valence-electron chi connectivity index (χ0n) is 10.6. The second-order valence-corrected chi connectivity index (χ2v) is 5.59. The maximum Gasteiger partial charge on any atom is 0.0961 e. The smallest absolute Gasteiger partial charge is 0.0961 e. The van der Waals surface area contributed by atoms with Gasteiger partial charge in [0.25, 0.3) is 0 Å². The van der Waals surface area contributed by atoms with Crippen LogP contribution < -0.4 is 0 Å². The van der Waals surface area contributed by atoms with E-state index in [0.717, 1.165) is 32.0 Å². The molecule has 1 saturated heterocycles. The lowest BCUT2D eigenvalue weighted by Gasteiger charge is -2.37. The lowest BCUT2D eigenvalue weighted by Crippen LogP contribution is -2.50. The predicted octanol–water partition coefficient (Wildman–Crippen LogP) is 1.65. The number of aliphatic hydroxyl groups is 1. The van der Waals surface area contributed by atoms with Crippen LogP contribution in [0.5, 0.6) is 0 Å². The number of hydrogen-bond acceptors (Lipinski definition) is 3. The minimum absolute atomic E-state index is 0.0369. The molecule has 0 aromatic rings. The van der Waals surface area contributed by atoms with Gasteiger partial charge in [0.05, 0.1) is 18.8 Å². The maximum absolute atomic E-state index is 10.1.